The number of amides is 2. The first-order valence-electron chi connectivity index (χ1n) is 5.26. The van der Waals surface area contributed by atoms with Crippen LogP contribution in [0.4, 0.5) is 4.79 Å². The predicted octanol–water partition coefficient (Wildman–Crippen LogP) is 0.132. The van der Waals surface area contributed by atoms with Crippen molar-refractivity contribution in [2.45, 2.75) is 37.8 Å². The van der Waals surface area contributed by atoms with Crippen LogP contribution in [0.5, 0.6) is 0 Å². The molecule has 1 atom stereocenters. The first-order chi connectivity index (χ1) is 6.84. The summed E-state index contributed by atoms with van der Waals surface area (Å²) in [5, 5.41) is 6.07. The molecule has 1 aliphatic heterocycles. The Balaban J connectivity index is 1.50. The zero-order valence-corrected chi connectivity index (χ0v) is 8.21. The molecule has 0 radical (unpaired) electrons. The highest BCUT2D eigenvalue weighted by Gasteiger charge is 2.23. The van der Waals surface area contributed by atoms with Crippen LogP contribution in [-0.2, 0) is 4.84 Å². The Bertz CT molecular complexity index is 200. The van der Waals surface area contributed by atoms with E-state index in [0.29, 0.717) is 18.7 Å². The fourth-order valence-electron chi connectivity index (χ4n) is 1.55. The summed E-state index contributed by atoms with van der Waals surface area (Å²) >= 11 is 0. The molecule has 3 N–H and O–H groups in total. The maximum absolute atomic E-state index is 11.1. The number of urea groups is 1. The van der Waals surface area contributed by atoms with Crippen molar-refractivity contribution in [2.75, 3.05) is 13.2 Å². The van der Waals surface area contributed by atoms with E-state index >= 15 is 0 Å². The summed E-state index contributed by atoms with van der Waals surface area (Å²) in [6, 6.07) is 0.560. The van der Waals surface area contributed by atoms with Gasteiger partial charge in [0.15, 0.2) is 0 Å². The highest BCUT2D eigenvalue weighted by molar-refractivity contribution is 5.73. The lowest BCUT2D eigenvalue weighted by atomic mass is 10.2. The maximum atomic E-state index is 11.1. The summed E-state index contributed by atoms with van der Waals surface area (Å²) in [4.78, 5) is 16.2. The van der Waals surface area contributed by atoms with Crippen LogP contribution in [0.15, 0.2) is 0 Å². The van der Waals surface area contributed by atoms with Crippen LogP contribution < -0.4 is 16.1 Å². The van der Waals surface area contributed by atoms with Gasteiger partial charge in [-0.05, 0) is 32.2 Å². The third-order valence-corrected chi connectivity index (χ3v) is 2.52. The smallest absolute Gasteiger partial charge is 0.334 e. The minimum atomic E-state index is -0.217. The molecule has 2 aliphatic rings. The predicted molar refractivity (Wildman–Crippen MR) is 51.7 cm³/mol. The first kappa shape index (κ1) is 9.73. The average Bonchev–Trinajstić information content (AvgIpc) is 2.82. The van der Waals surface area contributed by atoms with Crippen molar-refractivity contribution in [3.63, 3.8) is 0 Å². The van der Waals surface area contributed by atoms with Gasteiger partial charge in [-0.3, -0.25) is 4.84 Å². The summed E-state index contributed by atoms with van der Waals surface area (Å²) in [6.45, 7) is 1.61. The number of hydrogen-bond donors (Lipinski definition) is 3. The van der Waals surface area contributed by atoms with Gasteiger partial charge in [0.1, 0.15) is 0 Å². The topological polar surface area (TPSA) is 62.4 Å². The number of carbonyl (C=O) groups excluding carboxylic acids is 1. The van der Waals surface area contributed by atoms with Gasteiger partial charge in [0, 0.05) is 12.1 Å². The minimum absolute atomic E-state index is 0.217. The van der Waals surface area contributed by atoms with Gasteiger partial charge in [0.2, 0.25) is 0 Å². The highest BCUT2D eigenvalue weighted by atomic mass is 16.7. The number of hydroxylamine groups is 1. The molecular formula is C9H17N3O2. The number of carbonyl (C=O) groups is 1. The summed E-state index contributed by atoms with van der Waals surface area (Å²) in [6.07, 6.45) is 4.52. The lowest BCUT2D eigenvalue weighted by Crippen LogP contribution is -2.39. The third-order valence-electron chi connectivity index (χ3n) is 2.52. The summed E-state index contributed by atoms with van der Waals surface area (Å²) in [5.74, 6) is 0. The molecule has 1 aliphatic carbocycles. The van der Waals surface area contributed by atoms with Gasteiger partial charge in [-0.2, -0.15) is 0 Å². The second-order valence-electron chi connectivity index (χ2n) is 3.95. The van der Waals surface area contributed by atoms with Gasteiger partial charge in [-0.1, -0.05) is 0 Å². The van der Waals surface area contributed by atoms with Crippen LogP contribution in [0, 0.1) is 0 Å². The molecule has 1 heterocycles. The van der Waals surface area contributed by atoms with E-state index in [-0.39, 0.29) is 6.03 Å². The Labute approximate surface area is 83.5 Å². The Morgan fingerprint density at radius 2 is 2.29 bits per heavy atom. The molecule has 2 fully saturated rings. The largest absolute Gasteiger partial charge is 0.338 e. The summed E-state index contributed by atoms with van der Waals surface area (Å²) in [7, 11) is 0. The van der Waals surface area contributed by atoms with E-state index in [4.69, 9.17) is 4.84 Å². The molecule has 14 heavy (non-hydrogen) atoms. The van der Waals surface area contributed by atoms with Gasteiger partial charge >= 0.3 is 6.03 Å². The molecule has 0 bridgehead atoms. The fourth-order valence-corrected chi connectivity index (χ4v) is 1.55. The van der Waals surface area contributed by atoms with E-state index in [1.165, 1.54) is 6.42 Å². The van der Waals surface area contributed by atoms with Gasteiger partial charge < -0.3 is 10.6 Å². The second kappa shape index (κ2) is 4.61. The Hall–Kier alpha value is -0.810. The summed E-state index contributed by atoms with van der Waals surface area (Å²) in [5.41, 5.74) is 2.39. The Kier molecular flexibility index (Phi) is 3.21. The van der Waals surface area contributed by atoms with Crippen molar-refractivity contribution in [3.05, 3.63) is 0 Å². The summed E-state index contributed by atoms with van der Waals surface area (Å²) < 4.78 is 0. The van der Waals surface area contributed by atoms with Crippen LogP contribution in [0.3, 0.4) is 0 Å². The molecule has 80 valence electrons. The molecule has 2 amide bonds. The maximum Gasteiger partial charge on any atom is 0.338 e. The van der Waals surface area contributed by atoms with Crippen molar-refractivity contribution < 1.29 is 9.63 Å². The van der Waals surface area contributed by atoms with E-state index < -0.39 is 0 Å². The Morgan fingerprint density at radius 3 is 2.93 bits per heavy atom. The van der Waals surface area contributed by atoms with E-state index in [9.17, 15) is 4.79 Å². The third kappa shape index (κ3) is 3.16. The van der Waals surface area contributed by atoms with Crippen LogP contribution in [0.1, 0.15) is 25.7 Å². The molecule has 1 unspecified atom stereocenters. The van der Waals surface area contributed by atoms with Crippen LogP contribution in [0.2, 0.25) is 0 Å². The van der Waals surface area contributed by atoms with Crippen molar-refractivity contribution in [1.29, 1.82) is 0 Å². The molecule has 0 aromatic carbocycles. The quantitative estimate of drug-likeness (QED) is 0.564. The molecule has 0 spiro atoms. The molecule has 1 saturated carbocycles. The molecule has 5 heteroatoms. The van der Waals surface area contributed by atoms with Gasteiger partial charge in [-0.25, -0.2) is 10.3 Å². The van der Waals surface area contributed by atoms with E-state index in [0.717, 1.165) is 25.8 Å². The van der Waals surface area contributed by atoms with Crippen molar-refractivity contribution in [2.24, 2.45) is 0 Å². The standard InChI is InChI=1S/C9H17N3O2/c13-9(11-7-3-4-7)12-14-6-8-2-1-5-10-8/h7-8,10H,1-6H2,(H2,11,12,13). The molecule has 5 nitrogen and oxygen atoms in total. The van der Waals surface area contributed by atoms with E-state index in [1.807, 2.05) is 0 Å². The second-order valence-corrected chi connectivity index (χ2v) is 3.95. The van der Waals surface area contributed by atoms with Crippen LogP contribution >= 0.6 is 0 Å². The van der Waals surface area contributed by atoms with Crippen LogP contribution in [-0.4, -0.2) is 31.3 Å². The Morgan fingerprint density at radius 1 is 1.43 bits per heavy atom. The normalized spacial score (nSPS) is 26.1. The molecule has 0 aromatic heterocycles. The van der Waals surface area contributed by atoms with Crippen molar-refractivity contribution >= 4 is 6.03 Å². The number of nitrogens with one attached hydrogen (secondary N) is 3. The SMILES string of the molecule is O=C(NOCC1CCCN1)NC1CC1. The van der Waals surface area contributed by atoms with E-state index in [1.54, 1.807) is 0 Å². The monoisotopic (exact) mass is 199 g/mol. The van der Waals surface area contributed by atoms with Gasteiger partial charge in [-0.15, -0.1) is 0 Å². The highest BCUT2D eigenvalue weighted by Crippen LogP contribution is 2.18. The molecular weight excluding hydrogens is 182 g/mol. The number of rotatable bonds is 4. The average molecular weight is 199 g/mol. The lowest BCUT2D eigenvalue weighted by molar-refractivity contribution is 0.0491. The molecule has 1 saturated heterocycles. The zero-order chi connectivity index (χ0) is 9.80. The lowest BCUT2D eigenvalue weighted by Gasteiger charge is -2.11. The van der Waals surface area contributed by atoms with E-state index in [2.05, 4.69) is 16.1 Å². The minimum Gasteiger partial charge on any atom is -0.334 e. The van der Waals surface area contributed by atoms with Gasteiger partial charge in [0.05, 0.1) is 6.61 Å². The molecule has 0 aromatic rings. The van der Waals surface area contributed by atoms with Crippen LogP contribution in [0.25, 0.3) is 0 Å². The van der Waals surface area contributed by atoms with Crippen molar-refractivity contribution in [3.8, 4) is 0 Å². The fraction of sp³-hybridized carbons (Fsp3) is 0.889. The van der Waals surface area contributed by atoms with Crippen molar-refractivity contribution in [1.82, 2.24) is 16.1 Å². The zero-order valence-electron chi connectivity index (χ0n) is 8.21. The molecule has 2 rings (SSSR count). The van der Waals surface area contributed by atoms with Gasteiger partial charge in [0.25, 0.3) is 0 Å². The number of hydrogen-bond acceptors (Lipinski definition) is 3. The first-order valence-corrected chi connectivity index (χ1v) is 5.26.